The molecule has 34 heavy (non-hydrogen) atoms. The second kappa shape index (κ2) is 11.7. The van der Waals surface area contributed by atoms with Crippen molar-refractivity contribution in [3.05, 3.63) is 64.7 Å². The van der Waals surface area contributed by atoms with Crippen LogP contribution >= 0.6 is 11.6 Å². The van der Waals surface area contributed by atoms with Gasteiger partial charge in [0.15, 0.2) is 0 Å². The highest BCUT2D eigenvalue weighted by Crippen LogP contribution is 2.31. The minimum atomic E-state index is -0.133. The Morgan fingerprint density at radius 2 is 1.65 bits per heavy atom. The van der Waals surface area contributed by atoms with Crippen molar-refractivity contribution in [3.8, 4) is 5.75 Å². The summed E-state index contributed by atoms with van der Waals surface area (Å²) in [6.45, 7) is 1.44. The maximum atomic E-state index is 13.6. The first-order valence-electron chi connectivity index (χ1n) is 12.6. The van der Waals surface area contributed by atoms with Crippen molar-refractivity contribution in [1.82, 2.24) is 9.80 Å². The van der Waals surface area contributed by atoms with E-state index in [0.29, 0.717) is 29.3 Å². The molecule has 0 unspecified atom stereocenters. The van der Waals surface area contributed by atoms with E-state index in [2.05, 4.69) is 4.90 Å². The topological polar surface area (TPSA) is 49.9 Å². The number of benzene rings is 2. The van der Waals surface area contributed by atoms with Crippen LogP contribution < -0.4 is 4.74 Å². The van der Waals surface area contributed by atoms with Crippen LogP contribution in [0.25, 0.3) is 0 Å². The van der Waals surface area contributed by atoms with Crippen molar-refractivity contribution in [2.24, 2.45) is 0 Å². The van der Waals surface area contributed by atoms with Gasteiger partial charge in [0.25, 0.3) is 5.91 Å². The molecule has 1 saturated carbocycles. The lowest BCUT2D eigenvalue weighted by molar-refractivity contribution is -0.136. The van der Waals surface area contributed by atoms with Crippen molar-refractivity contribution in [1.29, 1.82) is 0 Å². The Bertz CT molecular complexity index is 995. The van der Waals surface area contributed by atoms with Crippen LogP contribution in [0.3, 0.4) is 0 Å². The van der Waals surface area contributed by atoms with E-state index in [4.69, 9.17) is 16.3 Å². The summed E-state index contributed by atoms with van der Waals surface area (Å²) in [5.74, 6) is 0.711. The number of nitrogens with zero attached hydrogens (tertiary/aromatic N) is 2. The number of hydrogen-bond acceptors (Lipinski definition) is 3. The zero-order chi connectivity index (χ0) is 23.9. The number of amides is 2. The second-order valence-electron chi connectivity index (χ2n) is 9.50. The van der Waals surface area contributed by atoms with E-state index in [1.165, 1.54) is 0 Å². The van der Waals surface area contributed by atoms with Crippen LogP contribution in [0.5, 0.6) is 5.75 Å². The summed E-state index contributed by atoms with van der Waals surface area (Å²) >= 11 is 6.37. The first-order chi connectivity index (χ1) is 16.5. The number of carbonyl (C=O) groups excluding carboxylic acids is 2. The molecule has 2 aromatic carbocycles. The van der Waals surface area contributed by atoms with Crippen molar-refractivity contribution < 1.29 is 14.3 Å². The Morgan fingerprint density at radius 3 is 2.47 bits per heavy atom. The third kappa shape index (κ3) is 5.93. The highest BCUT2D eigenvalue weighted by molar-refractivity contribution is 6.31. The Morgan fingerprint density at radius 1 is 0.941 bits per heavy atom. The summed E-state index contributed by atoms with van der Waals surface area (Å²) in [5.41, 5.74) is 1.46. The van der Waals surface area contributed by atoms with Gasteiger partial charge in [-0.15, -0.1) is 0 Å². The lowest BCUT2D eigenvalue weighted by Crippen LogP contribution is -2.51. The number of ether oxygens (including phenoxy) is 1. The molecule has 1 heterocycles. The van der Waals surface area contributed by atoms with Gasteiger partial charge in [-0.2, -0.15) is 0 Å². The molecule has 2 atom stereocenters. The molecule has 1 fully saturated rings. The van der Waals surface area contributed by atoms with Crippen molar-refractivity contribution in [2.45, 2.75) is 69.9 Å². The summed E-state index contributed by atoms with van der Waals surface area (Å²) in [7, 11) is 1.86. The summed E-state index contributed by atoms with van der Waals surface area (Å²) < 4.78 is 6.55. The summed E-state index contributed by atoms with van der Waals surface area (Å²) in [6, 6.07) is 15.1. The standard InChI is InChI=1S/C28H35ClN2O3/c1-30-18-10-2-3-11-19-31(27(32)20-21-12-4-6-14-23(21)29)24-15-7-9-17-26(24)34-25-16-8-5-13-22(25)28(30)33/h4-6,8,12-14,16,24,26H,2-3,7,9-11,15,17-20H2,1H3/t24-,26+/m1/s1. The number of halogens is 1. The van der Waals surface area contributed by atoms with Gasteiger partial charge in [-0.1, -0.05) is 61.2 Å². The Balaban J connectivity index is 1.63. The van der Waals surface area contributed by atoms with Gasteiger partial charge in [0, 0.05) is 25.2 Å². The average Bonchev–Trinajstić information content (AvgIpc) is 2.85. The maximum Gasteiger partial charge on any atom is 0.257 e. The Hall–Kier alpha value is -2.53. The lowest BCUT2D eigenvalue weighted by Gasteiger charge is -2.40. The predicted molar refractivity (Wildman–Crippen MR) is 135 cm³/mol. The molecule has 1 aliphatic heterocycles. The van der Waals surface area contributed by atoms with E-state index in [1.54, 1.807) is 4.90 Å². The fourth-order valence-corrected chi connectivity index (χ4v) is 5.36. The first-order valence-corrected chi connectivity index (χ1v) is 13.0. The molecule has 6 heteroatoms. The molecule has 2 amide bonds. The van der Waals surface area contributed by atoms with Crippen molar-refractivity contribution in [3.63, 3.8) is 0 Å². The molecular weight excluding hydrogens is 448 g/mol. The molecule has 0 bridgehead atoms. The van der Waals surface area contributed by atoms with E-state index in [-0.39, 0.29) is 24.0 Å². The van der Waals surface area contributed by atoms with E-state index in [0.717, 1.165) is 63.5 Å². The van der Waals surface area contributed by atoms with E-state index < -0.39 is 0 Å². The van der Waals surface area contributed by atoms with Gasteiger partial charge in [-0.25, -0.2) is 0 Å². The zero-order valence-electron chi connectivity index (χ0n) is 20.0. The van der Waals surface area contributed by atoms with Crippen molar-refractivity contribution in [2.75, 3.05) is 20.1 Å². The lowest BCUT2D eigenvalue weighted by atomic mass is 9.90. The molecule has 2 aromatic rings. The minimum absolute atomic E-state index is 0.00688. The average molecular weight is 483 g/mol. The number of carbonyl (C=O) groups is 2. The third-order valence-corrected chi connectivity index (χ3v) is 7.44. The molecule has 0 aromatic heterocycles. The van der Waals surface area contributed by atoms with Crippen LogP contribution in [0.1, 0.15) is 67.3 Å². The molecular formula is C28H35ClN2O3. The monoisotopic (exact) mass is 482 g/mol. The van der Waals surface area contributed by atoms with E-state index in [9.17, 15) is 9.59 Å². The first kappa shape index (κ1) is 24.6. The van der Waals surface area contributed by atoms with Crippen LogP contribution in [0.15, 0.2) is 48.5 Å². The largest absolute Gasteiger partial charge is 0.487 e. The Labute approximate surface area is 208 Å². The number of hydrogen-bond donors (Lipinski definition) is 0. The second-order valence-corrected chi connectivity index (χ2v) is 9.91. The summed E-state index contributed by atoms with van der Waals surface area (Å²) in [6.07, 6.45) is 8.05. The molecule has 2 aliphatic rings. The maximum absolute atomic E-state index is 13.6. The molecule has 0 radical (unpaired) electrons. The summed E-state index contributed by atoms with van der Waals surface area (Å²) in [4.78, 5) is 30.6. The SMILES string of the molecule is CN1CCCCCCN(C(=O)Cc2ccccc2Cl)[C@@H]2CCCC[C@@H]2Oc2ccccc2C1=O. The quantitative estimate of drug-likeness (QED) is 0.547. The predicted octanol–water partition coefficient (Wildman–Crippen LogP) is 5.75. The highest BCUT2D eigenvalue weighted by Gasteiger charge is 2.35. The van der Waals surface area contributed by atoms with Gasteiger partial charge >= 0.3 is 0 Å². The third-order valence-electron chi connectivity index (χ3n) is 7.07. The number of fused-ring (bicyclic) bond motifs is 2. The van der Waals surface area contributed by atoms with E-state index >= 15 is 0 Å². The zero-order valence-corrected chi connectivity index (χ0v) is 20.8. The van der Waals surface area contributed by atoms with Gasteiger partial charge in [0.2, 0.25) is 5.91 Å². The highest BCUT2D eigenvalue weighted by atomic mass is 35.5. The van der Waals surface area contributed by atoms with Gasteiger partial charge in [0.05, 0.1) is 18.0 Å². The number of rotatable bonds is 2. The van der Waals surface area contributed by atoms with E-state index in [1.807, 2.05) is 55.6 Å². The van der Waals surface area contributed by atoms with Crippen LogP contribution in [-0.4, -0.2) is 53.9 Å². The van der Waals surface area contributed by atoms with Gasteiger partial charge in [0.1, 0.15) is 11.9 Å². The van der Waals surface area contributed by atoms with Gasteiger partial charge < -0.3 is 14.5 Å². The van der Waals surface area contributed by atoms with Crippen molar-refractivity contribution >= 4 is 23.4 Å². The molecule has 0 N–H and O–H groups in total. The molecule has 0 saturated heterocycles. The molecule has 4 rings (SSSR count). The van der Waals surface area contributed by atoms with Gasteiger partial charge in [-0.3, -0.25) is 9.59 Å². The minimum Gasteiger partial charge on any atom is -0.487 e. The molecule has 182 valence electrons. The van der Waals surface area contributed by atoms with Crippen LogP contribution in [-0.2, 0) is 11.2 Å². The number of para-hydroxylation sites is 1. The normalized spacial score (nSPS) is 22.2. The fraction of sp³-hybridized carbons (Fsp3) is 0.500. The van der Waals surface area contributed by atoms with Crippen LogP contribution in [0.2, 0.25) is 5.02 Å². The van der Waals surface area contributed by atoms with Crippen LogP contribution in [0, 0.1) is 0 Å². The Kier molecular flexibility index (Phi) is 8.49. The molecule has 5 nitrogen and oxygen atoms in total. The fourth-order valence-electron chi connectivity index (χ4n) is 5.15. The molecule has 1 aliphatic carbocycles. The van der Waals surface area contributed by atoms with Gasteiger partial charge in [-0.05, 0) is 55.9 Å². The summed E-state index contributed by atoms with van der Waals surface area (Å²) in [5, 5.41) is 0.631. The smallest absolute Gasteiger partial charge is 0.257 e. The van der Waals surface area contributed by atoms with Crippen LogP contribution in [0.4, 0.5) is 0 Å². The molecule has 0 spiro atoms.